The molecule has 0 aliphatic heterocycles. The Labute approximate surface area is 82.2 Å². The van der Waals surface area contributed by atoms with Crippen molar-refractivity contribution in [3.05, 3.63) is 29.3 Å². The molecule has 0 heterocycles. The zero-order valence-electron chi connectivity index (χ0n) is 7.61. The van der Waals surface area contributed by atoms with Crippen LogP contribution in [0.3, 0.4) is 0 Å². The van der Waals surface area contributed by atoms with Crippen LogP contribution in [0.25, 0.3) is 0 Å². The fourth-order valence-electron chi connectivity index (χ4n) is 1.11. The van der Waals surface area contributed by atoms with Crippen molar-refractivity contribution in [2.24, 2.45) is 0 Å². The molecule has 1 rings (SSSR count). The number of rotatable bonds is 2. The first kappa shape index (κ1) is 9.94. The summed E-state index contributed by atoms with van der Waals surface area (Å²) in [4.78, 5) is 0. The number of nitrogens with zero attached hydrogens (tertiary/aromatic N) is 1. The first-order valence-electron chi connectivity index (χ1n) is 3.95. The van der Waals surface area contributed by atoms with Crippen molar-refractivity contribution in [3.63, 3.8) is 0 Å². The minimum Gasteiger partial charge on any atom is -0.506 e. The lowest BCUT2D eigenvalue weighted by atomic mass is 10.1. The topological polar surface area (TPSA) is 44.0 Å². The molecule has 0 aliphatic rings. The van der Waals surface area contributed by atoms with Crippen molar-refractivity contribution in [2.75, 3.05) is 6.26 Å². The Hall–Kier alpha value is -1.14. The van der Waals surface area contributed by atoms with Crippen LogP contribution in [0.1, 0.15) is 23.3 Å². The number of thioether (sulfide) groups is 1. The molecule has 0 aromatic heterocycles. The van der Waals surface area contributed by atoms with E-state index in [1.54, 1.807) is 23.9 Å². The van der Waals surface area contributed by atoms with E-state index in [2.05, 4.69) is 0 Å². The Balaban J connectivity index is 3.17. The number of hydrogen-bond acceptors (Lipinski definition) is 3. The predicted octanol–water partition coefficient (Wildman–Crippen LogP) is 2.69. The molecule has 0 amide bonds. The molecule has 0 radical (unpaired) electrons. The summed E-state index contributed by atoms with van der Waals surface area (Å²) in [5.41, 5.74) is 1.17. The van der Waals surface area contributed by atoms with Gasteiger partial charge >= 0.3 is 0 Å². The standard InChI is InChI=1S/C10H11NOS/c1-7(13-2)9-5-3-4-8(6-11)10(9)12/h3-5,7,12H,1-2H3. The summed E-state index contributed by atoms with van der Waals surface area (Å²) in [6.45, 7) is 2.00. The zero-order valence-corrected chi connectivity index (χ0v) is 8.43. The highest BCUT2D eigenvalue weighted by atomic mass is 32.2. The maximum absolute atomic E-state index is 9.65. The van der Waals surface area contributed by atoms with Crippen molar-refractivity contribution in [1.29, 1.82) is 5.26 Å². The van der Waals surface area contributed by atoms with E-state index in [1.165, 1.54) is 0 Å². The minimum absolute atomic E-state index is 0.117. The lowest BCUT2D eigenvalue weighted by Gasteiger charge is -2.10. The molecule has 13 heavy (non-hydrogen) atoms. The molecule has 0 bridgehead atoms. The van der Waals surface area contributed by atoms with Gasteiger partial charge < -0.3 is 5.11 Å². The highest BCUT2D eigenvalue weighted by molar-refractivity contribution is 7.98. The molecule has 1 atom stereocenters. The third-order valence-electron chi connectivity index (χ3n) is 1.98. The molecule has 0 spiro atoms. The Morgan fingerprint density at radius 1 is 1.54 bits per heavy atom. The second-order valence-electron chi connectivity index (χ2n) is 2.73. The van der Waals surface area contributed by atoms with E-state index < -0.39 is 0 Å². The van der Waals surface area contributed by atoms with E-state index in [1.807, 2.05) is 25.3 Å². The number of phenolic OH excluding ortho intramolecular Hbond substituents is 1. The highest BCUT2D eigenvalue weighted by Crippen LogP contribution is 2.34. The Bertz CT molecular complexity index is 343. The van der Waals surface area contributed by atoms with Gasteiger partial charge in [0, 0.05) is 10.8 Å². The molecule has 0 saturated carbocycles. The van der Waals surface area contributed by atoms with Crippen LogP contribution in [-0.2, 0) is 0 Å². The summed E-state index contributed by atoms with van der Waals surface area (Å²) in [6, 6.07) is 7.21. The van der Waals surface area contributed by atoms with Gasteiger partial charge in [-0.15, -0.1) is 0 Å². The van der Waals surface area contributed by atoms with Gasteiger partial charge in [0.05, 0.1) is 5.56 Å². The Kier molecular flexibility index (Phi) is 3.21. The monoisotopic (exact) mass is 193 g/mol. The summed E-state index contributed by atoms with van der Waals surface area (Å²) in [7, 11) is 0. The Morgan fingerprint density at radius 2 is 2.23 bits per heavy atom. The molecule has 2 nitrogen and oxygen atoms in total. The Morgan fingerprint density at radius 3 is 2.77 bits per heavy atom. The van der Waals surface area contributed by atoms with E-state index in [0.717, 1.165) is 5.56 Å². The van der Waals surface area contributed by atoms with Crippen molar-refractivity contribution in [1.82, 2.24) is 0 Å². The number of para-hydroxylation sites is 1. The minimum atomic E-state index is 0.117. The van der Waals surface area contributed by atoms with Crippen molar-refractivity contribution in [3.8, 4) is 11.8 Å². The number of benzene rings is 1. The van der Waals surface area contributed by atoms with Crippen molar-refractivity contribution < 1.29 is 5.11 Å². The van der Waals surface area contributed by atoms with Crippen LogP contribution >= 0.6 is 11.8 Å². The van der Waals surface area contributed by atoms with Crippen LogP contribution in [0.5, 0.6) is 5.75 Å². The van der Waals surface area contributed by atoms with Crippen LogP contribution < -0.4 is 0 Å². The third kappa shape index (κ3) is 1.96. The van der Waals surface area contributed by atoms with Crippen molar-refractivity contribution in [2.45, 2.75) is 12.2 Å². The molecule has 0 fully saturated rings. The fourth-order valence-corrected chi connectivity index (χ4v) is 1.55. The highest BCUT2D eigenvalue weighted by Gasteiger charge is 2.11. The molecule has 0 saturated heterocycles. The number of nitriles is 1. The van der Waals surface area contributed by atoms with Gasteiger partial charge in [-0.2, -0.15) is 17.0 Å². The number of aromatic hydroxyl groups is 1. The molecular weight excluding hydrogens is 182 g/mol. The van der Waals surface area contributed by atoms with Crippen LogP contribution in [0, 0.1) is 11.3 Å². The first-order valence-corrected chi connectivity index (χ1v) is 5.24. The van der Waals surface area contributed by atoms with Gasteiger partial charge in [-0.1, -0.05) is 12.1 Å². The molecule has 1 aromatic carbocycles. The third-order valence-corrected chi connectivity index (χ3v) is 2.94. The van der Waals surface area contributed by atoms with Crippen LogP contribution in [0.15, 0.2) is 18.2 Å². The lowest BCUT2D eigenvalue weighted by Crippen LogP contribution is -1.90. The van der Waals surface area contributed by atoms with Gasteiger partial charge in [0.1, 0.15) is 11.8 Å². The van der Waals surface area contributed by atoms with Gasteiger partial charge in [-0.3, -0.25) is 0 Å². The predicted molar refractivity (Wildman–Crippen MR) is 54.8 cm³/mol. The second-order valence-corrected chi connectivity index (χ2v) is 3.91. The fraction of sp³-hybridized carbons (Fsp3) is 0.300. The van der Waals surface area contributed by atoms with Crippen LogP contribution in [0.2, 0.25) is 0 Å². The second kappa shape index (κ2) is 4.20. The molecule has 1 N–H and O–H groups in total. The molecule has 0 aliphatic carbocycles. The smallest absolute Gasteiger partial charge is 0.137 e. The van der Waals surface area contributed by atoms with Gasteiger partial charge in [-0.05, 0) is 19.2 Å². The molecule has 1 unspecified atom stereocenters. The maximum atomic E-state index is 9.65. The van der Waals surface area contributed by atoms with E-state index >= 15 is 0 Å². The first-order chi connectivity index (χ1) is 6.20. The van der Waals surface area contributed by atoms with Gasteiger partial charge in [0.25, 0.3) is 0 Å². The quantitative estimate of drug-likeness (QED) is 0.785. The average molecular weight is 193 g/mol. The van der Waals surface area contributed by atoms with Crippen LogP contribution in [-0.4, -0.2) is 11.4 Å². The van der Waals surface area contributed by atoms with E-state index in [9.17, 15) is 5.11 Å². The van der Waals surface area contributed by atoms with Gasteiger partial charge in [0.2, 0.25) is 0 Å². The molecule has 3 heteroatoms. The lowest BCUT2D eigenvalue weighted by molar-refractivity contribution is 0.466. The van der Waals surface area contributed by atoms with Gasteiger partial charge in [0.15, 0.2) is 0 Å². The van der Waals surface area contributed by atoms with E-state index in [4.69, 9.17) is 5.26 Å². The molecule has 1 aromatic rings. The largest absolute Gasteiger partial charge is 0.506 e. The summed E-state index contributed by atoms with van der Waals surface area (Å²) in [5, 5.41) is 18.6. The molecule has 68 valence electrons. The summed E-state index contributed by atoms with van der Waals surface area (Å²) >= 11 is 1.64. The normalized spacial score (nSPS) is 12.1. The zero-order chi connectivity index (χ0) is 9.84. The molecular formula is C10H11NOS. The number of hydrogen-bond donors (Lipinski definition) is 1. The SMILES string of the molecule is CSC(C)c1cccc(C#N)c1O. The summed E-state index contributed by atoms with van der Waals surface area (Å²) in [6.07, 6.45) is 1.98. The van der Waals surface area contributed by atoms with Crippen LogP contribution in [0.4, 0.5) is 0 Å². The van der Waals surface area contributed by atoms with E-state index in [0.29, 0.717) is 5.56 Å². The maximum Gasteiger partial charge on any atom is 0.137 e. The van der Waals surface area contributed by atoms with Crippen molar-refractivity contribution >= 4 is 11.8 Å². The average Bonchev–Trinajstić information content (AvgIpc) is 2.17. The summed E-state index contributed by atoms with van der Waals surface area (Å²) < 4.78 is 0. The number of phenols is 1. The van der Waals surface area contributed by atoms with Gasteiger partial charge in [-0.25, -0.2) is 0 Å². The van der Waals surface area contributed by atoms with E-state index in [-0.39, 0.29) is 11.0 Å². The summed E-state index contributed by atoms with van der Waals surface area (Å²) in [5.74, 6) is 0.117.